The first kappa shape index (κ1) is 33.2. The van der Waals surface area contributed by atoms with Gasteiger partial charge in [0.15, 0.2) is 0 Å². The number of anilines is 3. The van der Waals surface area contributed by atoms with Gasteiger partial charge in [0.1, 0.15) is 5.75 Å². The van der Waals surface area contributed by atoms with Gasteiger partial charge in [-0.25, -0.2) is 0 Å². The van der Waals surface area contributed by atoms with Gasteiger partial charge >= 0.3 is 15.6 Å². The van der Waals surface area contributed by atoms with Gasteiger partial charge in [-0.05, 0) is 70.8 Å². The van der Waals surface area contributed by atoms with Gasteiger partial charge in [-0.15, -0.1) is 22.7 Å². The summed E-state index contributed by atoms with van der Waals surface area (Å²) in [6.45, 7) is 0. The maximum Gasteiger partial charge on any atom is 0.534 e. The molecule has 0 N–H and O–H groups in total. The topological polar surface area (TPSA) is 46.6 Å². The van der Waals surface area contributed by atoms with Gasteiger partial charge in [0.2, 0.25) is 0 Å². The number of halogens is 3. The van der Waals surface area contributed by atoms with Gasteiger partial charge in [0.25, 0.3) is 0 Å². The molecule has 0 atom stereocenters. The van der Waals surface area contributed by atoms with Crippen LogP contribution in [0.15, 0.2) is 158 Å². The zero-order valence-electron chi connectivity index (χ0n) is 27.5. The van der Waals surface area contributed by atoms with Crippen molar-refractivity contribution in [2.45, 2.75) is 5.51 Å². The summed E-state index contributed by atoms with van der Waals surface area (Å²) in [7, 11) is -5.97. The Balaban J connectivity index is 1.27. The Labute approximate surface area is 310 Å². The van der Waals surface area contributed by atoms with Crippen LogP contribution in [-0.2, 0) is 10.1 Å². The Bertz CT molecular complexity index is 2920. The van der Waals surface area contributed by atoms with Crippen molar-refractivity contribution >= 4 is 90.2 Å². The molecule has 0 amide bonds. The SMILES string of the molecule is O=S(=O)(Oc1cc(N(c2ccccc2)c2ccc(-c3ccccc3)cc2)c2sc3ccc(-c4cccc5c4sc4ccccc45)cc3c2c1)C(F)(F)F. The number of benzene rings is 7. The van der Waals surface area contributed by atoms with E-state index in [1.807, 2.05) is 120 Å². The number of nitrogens with zero attached hydrogens (tertiary/aromatic N) is 1. The van der Waals surface area contributed by atoms with Crippen LogP contribution in [-0.4, -0.2) is 13.9 Å². The number of hydrogen-bond donors (Lipinski definition) is 0. The zero-order valence-corrected chi connectivity index (χ0v) is 30.0. The molecule has 260 valence electrons. The molecule has 7 aromatic carbocycles. The third-order valence-electron chi connectivity index (χ3n) is 9.22. The fourth-order valence-electron chi connectivity index (χ4n) is 6.80. The molecular weight excluding hydrogens is 732 g/mol. The summed E-state index contributed by atoms with van der Waals surface area (Å²) in [5, 5.41) is 3.66. The van der Waals surface area contributed by atoms with Gasteiger partial charge in [-0.2, -0.15) is 21.6 Å². The maximum absolute atomic E-state index is 13.7. The first-order valence-corrected chi connectivity index (χ1v) is 19.6. The van der Waals surface area contributed by atoms with Crippen molar-refractivity contribution < 1.29 is 25.8 Å². The molecule has 0 saturated heterocycles. The fraction of sp³-hybridized carbons (Fsp3) is 0.0233. The van der Waals surface area contributed by atoms with E-state index in [9.17, 15) is 21.6 Å². The molecule has 0 aliphatic heterocycles. The lowest BCUT2D eigenvalue weighted by Crippen LogP contribution is -2.28. The summed E-state index contributed by atoms with van der Waals surface area (Å²) in [6, 6.07) is 50.5. The Kier molecular flexibility index (Phi) is 7.99. The fourth-order valence-corrected chi connectivity index (χ4v) is 9.65. The van der Waals surface area contributed by atoms with E-state index >= 15 is 0 Å². The van der Waals surface area contributed by atoms with E-state index in [0.29, 0.717) is 11.1 Å². The lowest BCUT2D eigenvalue weighted by molar-refractivity contribution is -0.0500. The molecule has 9 aromatic rings. The summed E-state index contributed by atoms with van der Waals surface area (Å²) in [4.78, 5) is 1.92. The normalized spacial score (nSPS) is 12.2. The molecular formula is C43H26F3NO3S3. The first-order chi connectivity index (χ1) is 25.6. The molecule has 9 rings (SSSR count). The van der Waals surface area contributed by atoms with E-state index in [-0.39, 0.29) is 0 Å². The summed E-state index contributed by atoms with van der Waals surface area (Å²) in [5.74, 6) is -0.441. The van der Waals surface area contributed by atoms with Gasteiger partial charge in [0.05, 0.1) is 10.4 Å². The minimum atomic E-state index is -5.97. The van der Waals surface area contributed by atoms with E-state index in [4.69, 9.17) is 4.18 Å². The molecule has 2 aromatic heterocycles. The Morgan fingerprint density at radius 2 is 1.11 bits per heavy atom. The Hall–Kier alpha value is -5.68. The summed E-state index contributed by atoms with van der Waals surface area (Å²) in [6.07, 6.45) is 0. The van der Waals surface area contributed by atoms with Crippen LogP contribution in [0.3, 0.4) is 0 Å². The second-order valence-electron chi connectivity index (χ2n) is 12.5. The van der Waals surface area contributed by atoms with Crippen molar-refractivity contribution in [3.05, 3.63) is 158 Å². The van der Waals surface area contributed by atoms with Crippen molar-refractivity contribution in [1.82, 2.24) is 0 Å². The lowest BCUT2D eigenvalue weighted by atomic mass is 10.0. The molecule has 0 fully saturated rings. The van der Waals surface area contributed by atoms with Gasteiger partial charge in [-0.3, -0.25) is 0 Å². The zero-order chi connectivity index (χ0) is 36.3. The molecule has 4 nitrogen and oxygen atoms in total. The van der Waals surface area contributed by atoms with Crippen LogP contribution in [0, 0.1) is 0 Å². The molecule has 0 saturated carbocycles. The maximum atomic E-state index is 13.7. The summed E-state index contributed by atoms with van der Waals surface area (Å²) in [5.41, 5.74) is 0.304. The molecule has 0 radical (unpaired) electrons. The van der Waals surface area contributed by atoms with E-state index in [1.165, 1.54) is 33.6 Å². The van der Waals surface area contributed by atoms with Crippen LogP contribution in [0.1, 0.15) is 0 Å². The number of para-hydroxylation sites is 1. The van der Waals surface area contributed by atoms with E-state index in [0.717, 1.165) is 58.5 Å². The highest BCUT2D eigenvalue weighted by Crippen LogP contribution is 2.49. The number of thiophene rings is 2. The van der Waals surface area contributed by atoms with Gasteiger partial charge in [0, 0.05) is 53.1 Å². The third kappa shape index (κ3) is 5.89. The highest BCUT2D eigenvalue weighted by molar-refractivity contribution is 7.88. The number of alkyl halides is 3. The van der Waals surface area contributed by atoms with Crippen LogP contribution >= 0.6 is 22.7 Å². The Morgan fingerprint density at radius 3 is 1.87 bits per heavy atom. The standard InChI is InChI=1S/C43H26F3NO3S3/c44-43(45,46)53(48,49)50-32-25-37-36-24-29(33-15-9-16-35-34-14-7-8-17-39(34)51-41(33)35)20-23-40(36)52-42(37)38(26-32)47(30-12-5-2-6-13-30)31-21-18-28(19-22-31)27-10-3-1-4-11-27/h1-26H. The molecule has 53 heavy (non-hydrogen) atoms. The highest BCUT2D eigenvalue weighted by atomic mass is 32.2. The number of fused-ring (bicyclic) bond motifs is 6. The molecule has 0 aliphatic rings. The average molecular weight is 758 g/mol. The summed E-state index contributed by atoms with van der Waals surface area (Å²) >= 11 is 3.19. The van der Waals surface area contributed by atoms with E-state index < -0.39 is 21.4 Å². The average Bonchev–Trinajstić information content (AvgIpc) is 3.74. The van der Waals surface area contributed by atoms with Crippen LogP contribution < -0.4 is 9.08 Å². The van der Waals surface area contributed by atoms with Crippen LogP contribution in [0.2, 0.25) is 0 Å². The van der Waals surface area contributed by atoms with Crippen molar-refractivity contribution in [2.24, 2.45) is 0 Å². The van der Waals surface area contributed by atoms with Crippen LogP contribution in [0.4, 0.5) is 30.2 Å². The minimum Gasteiger partial charge on any atom is -0.376 e. The van der Waals surface area contributed by atoms with Crippen molar-refractivity contribution in [3.63, 3.8) is 0 Å². The smallest absolute Gasteiger partial charge is 0.376 e. The monoisotopic (exact) mass is 757 g/mol. The van der Waals surface area contributed by atoms with E-state index in [2.05, 4.69) is 30.3 Å². The van der Waals surface area contributed by atoms with Crippen LogP contribution in [0.5, 0.6) is 5.75 Å². The second-order valence-corrected chi connectivity index (χ2v) is 16.1. The molecule has 0 unspecified atom stereocenters. The quantitative estimate of drug-likeness (QED) is 0.120. The van der Waals surface area contributed by atoms with Gasteiger partial charge < -0.3 is 9.08 Å². The molecule has 2 heterocycles. The number of hydrogen-bond acceptors (Lipinski definition) is 6. The van der Waals surface area contributed by atoms with Crippen molar-refractivity contribution in [2.75, 3.05) is 4.90 Å². The lowest BCUT2D eigenvalue weighted by Gasteiger charge is -2.26. The molecule has 0 aliphatic carbocycles. The minimum absolute atomic E-state index is 0.441. The van der Waals surface area contributed by atoms with Crippen molar-refractivity contribution in [1.29, 1.82) is 0 Å². The highest BCUT2D eigenvalue weighted by Gasteiger charge is 2.48. The second kappa shape index (κ2) is 12.8. The molecule has 10 heteroatoms. The van der Waals surface area contributed by atoms with Crippen LogP contribution in [0.25, 0.3) is 62.6 Å². The molecule has 0 spiro atoms. The first-order valence-electron chi connectivity index (χ1n) is 16.6. The predicted molar refractivity (Wildman–Crippen MR) is 213 cm³/mol. The Morgan fingerprint density at radius 1 is 0.509 bits per heavy atom. The van der Waals surface area contributed by atoms with Crippen molar-refractivity contribution in [3.8, 4) is 28.0 Å². The predicted octanol–water partition coefficient (Wildman–Crippen LogP) is 13.5. The summed E-state index contributed by atoms with van der Waals surface area (Å²) < 4.78 is 74.8. The number of rotatable bonds is 7. The largest absolute Gasteiger partial charge is 0.534 e. The van der Waals surface area contributed by atoms with Gasteiger partial charge in [-0.1, -0.05) is 103 Å². The van der Waals surface area contributed by atoms with E-state index in [1.54, 1.807) is 11.3 Å². The molecule has 0 bridgehead atoms. The third-order valence-corrected chi connectivity index (χ3v) is 12.6.